The van der Waals surface area contributed by atoms with Gasteiger partial charge in [0.25, 0.3) is 0 Å². The molecular formula is C4H2BrLiN2O2. The minimum Gasteiger partial charge on any atom is -0.542 e. The van der Waals surface area contributed by atoms with Crippen molar-refractivity contribution in [3.63, 3.8) is 0 Å². The fourth-order valence-electron chi connectivity index (χ4n) is 0.403. The van der Waals surface area contributed by atoms with Gasteiger partial charge in [0.15, 0.2) is 5.82 Å². The maximum atomic E-state index is 9.99. The fraction of sp³-hybridized carbons (Fsp3) is 0. The summed E-state index contributed by atoms with van der Waals surface area (Å²) in [6.07, 6.45) is 1.35. The first kappa shape index (κ1) is 9.76. The second kappa shape index (κ2) is 3.81. The Morgan fingerprint density at radius 2 is 2.40 bits per heavy atom. The van der Waals surface area contributed by atoms with Crippen molar-refractivity contribution < 1.29 is 28.8 Å². The van der Waals surface area contributed by atoms with E-state index in [1.807, 2.05) is 0 Å². The number of aromatic amines is 1. The molecular weight excluding hydrogens is 195 g/mol. The van der Waals surface area contributed by atoms with Gasteiger partial charge in [-0.25, -0.2) is 4.98 Å². The van der Waals surface area contributed by atoms with Gasteiger partial charge in [0.2, 0.25) is 0 Å². The van der Waals surface area contributed by atoms with Crippen molar-refractivity contribution in [2.75, 3.05) is 0 Å². The van der Waals surface area contributed by atoms with Crippen LogP contribution < -0.4 is 24.0 Å². The normalized spacial score (nSPS) is 8.50. The van der Waals surface area contributed by atoms with Gasteiger partial charge < -0.3 is 14.9 Å². The van der Waals surface area contributed by atoms with E-state index in [2.05, 4.69) is 25.9 Å². The molecule has 0 spiro atoms. The molecule has 0 radical (unpaired) electrons. The fourth-order valence-corrected chi connectivity index (χ4v) is 0.693. The smallest absolute Gasteiger partial charge is 0.542 e. The van der Waals surface area contributed by atoms with Crippen molar-refractivity contribution in [1.29, 1.82) is 0 Å². The zero-order valence-corrected chi connectivity index (χ0v) is 6.81. The number of H-pyrrole nitrogens is 1. The zero-order valence-electron chi connectivity index (χ0n) is 5.22. The molecule has 1 aromatic heterocycles. The Balaban J connectivity index is 0.000000810. The van der Waals surface area contributed by atoms with Crippen LogP contribution >= 0.6 is 15.9 Å². The molecule has 0 bridgehead atoms. The van der Waals surface area contributed by atoms with Crippen LogP contribution in [-0.4, -0.2) is 15.9 Å². The maximum absolute atomic E-state index is 9.99. The van der Waals surface area contributed by atoms with Crippen LogP contribution in [-0.2, 0) is 0 Å². The molecule has 48 valence electrons. The summed E-state index contributed by atoms with van der Waals surface area (Å²) in [4.78, 5) is 15.9. The van der Waals surface area contributed by atoms with Gasteiger partial charge in [-0.15, -0.1) is 0 Å². The van der Waals surface area contributed by atoms with Gasteiger partial charge in [-0.3, -0.25) is 0 Å². The van der Waals surface area contributed by atoms with Crippen LogP contribution in [0.2, 0.25) is 0 Å². The molecule has 10 heavy (non-hydrogen) atoms. The van der Waals surface area contributed by atoms with Gasteiger partial charge in [0.05, 0.1) is 6.20 Å². The zero-order chi connectivity index (χ0) is 6.85. The van der Waals surface area contributed by atoms with Gasteiger partial charge in [0, 0.05) is 0 Å². The third-order valence-corrected chi connectivity index (χ3v) is 1.14. The number of halogens is 1. The molecule has 0 saturated heterocycles. The predicted octanol–water partition coefficient (Wildman–Crippen LogP) is -3.46. The minimum atomic E-state index is -1.30. The van der Waals surface area contributed by atoms with E-state index in [0.29, 0.717) is 4.60 Å². The van der Waals surface area contributed by atoms with E-state index in [9.17, 15) is 9.90 Å². The van der Waals surface area contributed by atoms with Crippen LogP contribution in [0.5, 0.6) is 0 Å². The SMILES string of the molecule is O=C([O-])c1ncc(Br)[nH]1.[Li+]. The van der Waals surface area contributed by atoms with E-state index in [1.54, 1.807) is 0 Å². The Morgan fingerprint density at radius 1 is 1.80 bits per heavy atom. The van der Waals surface area contributed by atoms with Gasteiger partial charge >= 0.3 is 18.9 Å². The minimum absolute atomic E-state index is 0. The quantitative estimate of drug-likeness (QED) is 0.475. The summed E-state index contributed by atoms with van der Waals surface area (Å²) in [5.41, 5.74) is 0. The van der Waals surface area contributed by atoms with E-state index >= 15 is 0 Å². The van der Waals surface area contributed by atoms with Crippen LogP contribution in [0.3, 0.4) is 0 Å². The van der Waals surface area contributed by atoms with Crippen LogP contribution in [0.15, 0.2) is 10.8 Å². The van der Waals surface area contributed by atoms with Gasteiger partial charge in [-0.1, -0.05) is 0 Å². The summed E-state index contributed by atoms with van der Waals surface area (Å²) in [6, 6.07) is 0. The second-order valence-corrected chi connectivity index (χ2v) is 2.22. The number of aromatic nitrogens is 2. The first-order chi connectivity index (χ1) is 4.20. The molecule has 1 rings (SSSR count). The number of carboxylic acids is 1. The summed E-state index contributed by atoms with van der Waals surface area (Å²) in [5.74, 6) is -1.47. The molecule has 6 heteroatoms. The van der Waals surface area contributed by atoms with E-state index in [0.717, 1.165) is 0 Å². The average molecular weight is 197 g/mol. The van der Waals surface area contributed by atoms with Crippen molar-refractivity contribution in [2.24, 2.45) is 0 Å². The molecule has 0 aliphatic rings. The first-order valence-corrected chi connectivity index (χ1v) is 2.91. The summed E-state index contributed by atoms with van der Waals surface area (Å²) in [6.45, 7) is 0. The predicted molar refractivity (Wildman–Crippen MR) is 30.6 cm³/mol. The van der Waals surface area contributed by atoms with Crippen molar-refractivity contribution in [1.82, 2.24) is 9.97 Å². The summed E-state index contributed by atoms with van der Waals surface area (Å²) >= 11 is 2.99. The van der Waals surface area contributed by atoms with E-state index < -0.39 is 5.97 Å². The van der Waals surface area contributed by atoms with Gasteiger partial charge in [-0.05, 0) is 15.9 Å². The number of hydrogen-bond acceptors (Lipinski definition) is 3. The molecule has 0 unspecified atom stereocenters. The number of carbonyl (C=O) groups is 1. The van der Waals surface area contributed by atoms with Crippen LogP contribution in [0.4, 0.5) is 0 Å². The number of carbonyl (C=O) groups excluding carboxylic acids is 1. The Kier molecular flexibility index (Phi) is 3.72. The summed E-state index contributed by atoms with van der Waals surface area (Å²) < 4.78 is 0.529. The molecule has 0 saturated carbocycles. The number of carboxylic acid groups (broad SMARTS) is 1. The molecule has 0 amide bonds. The number of rotatable bonds is 1. The monoisotopic (exact) mass is 196 g/mol. The largest absolute Gasteiger partial charge is 1.00 e. The Bertz CT molecular complexity index is 237. The molecule has 1 heterocycles. The molecule has 0 aliphatic carbocycles. The molecule has 1 N–H and O–H groups in total. The van der Waals surface area contributed by atoms with Crippen LogP contribution in [0, 0.1) is 0 Å². The van der Waals surface area contributed by atoms with Crippen molar-refractivity contribution >= 4 is 21.9 Å². The molecule has 0 aromatic carbocycles. The Labute approximate surface area is 77.3 Å². The number of hydrogen-bond donors (Lipinski definition) is 1. The van der Waals surface area contributed by atoms with E-state index in [4.69, 9.17) is 0 Å². The van der Waals surface area contributed by atoms with Crippen LogP contribution in [0.1, 0.15) is 10.6 Å². The standard InChI is InChI=1S/C4H3BrN2O2.Li/c5-2-1-6-3(7-2)4(8)9;/h1H,(H,6,7)(H,8,9);/q;+1/p-1. The van der Waals surface area contributed by atoms with Gasteiger partial charge in [0.1, 0.15) is 10.6 Å². The average Bonchev–Trinajstić information content (AvgIpc) is 2.14. The summed E-state index contributed by atoms with van der Waals surface area (Å²) in [5, 5.41) is 9.99. The van der Waals surface area contributed by atoms with E-state index in [-0.39, 0.29) is 24.7 Å². The molecule has 0 aliphatic heterocycles. The summed E-state index contributed by atoms with van der Waals surface area (Å²) in [7, 11) is 0. The Morgan fingerprint density at radius 3 is 2.60 bits per heavy atom. The second-order valence-electron chi connectivity index (χ2n) is 1.37. The topological polar surface area (TPSA) is 68.8 Å². The number of aromatic carboxylic acids is 1. The molecule has 1 aromatic rings. The van der Waals surface area contributed by atoms with E-state index in [1.165, 1.54) is 6.20 Å². The molecule has 0 fully saturated rings. The first-order valence-electron chi connectivity index (χ1n) is 2.12. The van der Waals surface area contributed by atoms with Crippen LogP contribution in [0.25, 0.3) is 0 Å². The maximum Gasteiger partial charge on any atom is 1.00 e. The number of nitrogens with zero attached hydrogens (tertiary/aromatic N) is 1. The molecule has 4 nitrogen and oxygen atoms in total. The third-order valence-electron chi connectivity index (χ3n) is 0.738. The van der Waals surface area contributed by atoms with Gasteiger partial charge in [-0.2, -0.15) is 0 Å². The van der Waals surface area contributed by atoms with Crippen molar-refractivity contribution in [2.45, 2.75) is 0 Å². The third kappa shape index (κ3) is 2.18. The molecule has 0 atom stereocenters. The Hall–Kier alpha value is -0.243. The van der Waals surface area contributed by atoms with Crippen molar-refractivity contribution in [3.8, 4) is 0 Å². The number of nitrogens with one attached hydrogen (secondary N) is 1. The van der Waals surface area contributed by atoms with Crippen molar-refractivity contribution in [3.05, 3.63) is 16.6 Å². The number of imidazole rings is 1.